The molecular formula is C22H29F3N4O4S. The third kappa shape index (κ3) is 5.13. The molecule has 34 heavy (non-hydrogen) atoms. The number of aromatic nitrogens is 2. The number of aliphatic carboxylic acids is 1. The minimum Gasteiger partial charge on any atom is -0.475 e. The fourth-order valence-electron chi connectivity index (χ4n) is 4.71. The highest BCUT2D eigenvalue weighted by molar-refractivity contribution is 7.89. The van der Waals surface area contributed by atoms with Crippen LogP contribution < -0.4 is 0 Å². The number of rotatable bonds is 4. The zero-order valence-corrected chi connectivity index (χ0v) is 19.9. The average Bonchev–Trinajstić information content (AvgIpc) is 3.25. The van der Waals surface area contributed by atoms with Crippen molar-refractivity contribution in [3.8, 4) is 11.3 Å². The van der Waals surface area contributed by atoms with E-state index in [0.717, 1.165) is 44.0 Å². The van der Waals surface area contributed by atoms with Crippen LogP contribution in [0.4, 0.5) is 13.2 Å². The number of hydrogen-bond donors (Lipinski definition) is 1. The molecule has 0 amide bonds. The maximum absolute atomic E-state index is 12.3. The Hall–Kier alpha value is -2.44. The molecule has 1 N–H and O–H groups in total. The Balaban J connectivity index is 0.000000406. The summed E-state index contributed by atoms with van der Waals surface area (Å²) in [5.74, 6) is -1.49. The van der Waals surface area contributed by atoms with Gasteiger partial charge in [-0.25, -0.2) is 22.5 Å². The van der Waals surface area contributed by atoms with Gasteiger partial charge in [0, 0.05) is 26.2 Å². The van der Waals surface area contributed by atoms with E-state index in [9.17, 15) is 21.6 Å². The normalized spacial score (nSPS) is 18.7. The maximum Gasteiger partial charge on any atom is 0.490 e. The number of likely N-dealkylation sites (N-methyl/N-ethyl adjacent to an activating group) is 1. The standard InChI is InChI=1S/C20H28N4O2S.C2HF3O2/c1-3-22-14-15-24-18(17-8-6-5-7-9-17)16-21-19(24)20(22)10-12-23(13-11-20)27(25,26)4-2;3-2(4,5)1(6)7/h5-9,16H,3-4,10-15H2,1-2H3;(H,6,7). The lowest BCUT2D eigenvalue weighted by Gasteiger charge is -2.50. The fraction of sp³-hybridized carbons (Fsp3) is 0.545. The van der Waals surface area contributed by atoms with Gasteiger partial charge in [0.2, 0.25) is 10.0 Å². The van der Waals surface area contributed by atoms with Crippen LogP contribution in [0.15, 0.2) is 36.5 Å². The number of halogens is 3. The Labute approximate surface area is 197 Å². The van der Waals surface area contributed by atoms with Crippen molar-refractivity contribution in [3.63, 3.8) is 0 Å². The third-order valence-electron chi connectivity index (χ3n) is 6.47. The Bertz CT molecular complexity index is 1100. The predicted octanol–water partition coefficient (Wildman–Crippen LogP) is 3.16. The van der Waals surface area contributed by atoms with Crippen molar-refractivity contribution >= 4 is 16.0 Å². The number of fused-ring (bicyclic) bond motifs is 2. The second-order valence-corrected chi connectivity index (χ2v) is 10.5. The van der Waals surface area contributed by atoms with Gasteiger partial charge in [-0.15, -0.1) is 0 Å². The molecule has 1 aromatic carbocycles. The quantitative estimate of drug-likeness (QED) is 0.690. The van der Waals surface area contributed by atoms with Crippen LogP contribution in [0.25, 0.3) is 11.3 Å². The van der Waals surface area contributed by atoms with E-state index in [1.807, 2.05) is 12.3 Å². The Kier molecular flexibility index (Phi) is 7.73. The van der Waals surface area contributed by atoms with Crippen LogP contribution >= 0.6 is 0 Å². The lowest BCUT2D eigenvalue weighted by Crippen LogP contribution is -2.58. The van der Waals surface area contributed by atoms with Gasteiger partial charge in [0.05, 0.1) is 23.2 Å². The van der Waals surface area contributed by atoms with E-state index in [2.05, 4.69) is 40.7 Å². The summed E-state index contributed by atoms with van der Waals surface area (Å²) < 4.78 is 60.4. The molecule has 0 saturated carbocycles. The maximum atomic E-state index is 12.3. The highest BCUT2D eigenvalue weighted by Crippen LogP contribution is 2.42. The molecule has 2 aliphatic rings. The molecule has 4 rings (SSSR count). The van der Waals surface area contributed by atoms with Gasteiger partial charge >= 0.3 is 12.1 Å². The molecular weight excluding hydrogens is 473 g/mol. The molecule has 0 aliphatic carbocycles. The van der Waals surface area contributed by atoms with Crippen LogP contribution in [0.5, 0.6) is 0 Å². The van der Waals surface area contributed by atoms with Crippen molar-refractivity contribution in [1.82, 2.24) is 18.8 Å². The van der Waals surface area contributed by atoms with Gasteiger partial charge in [0.1, 0.15) is 5.82 Å². The number of imidazole rings is 1. The molecule has 3 heterocycles. The van der Waals surface area contributed by atoms with Crippen molar-refractivity contribution in [1.29, 1.82) is 0 Å². The molecule has 1 saturated heterocycles. The molecule has 1 spiro atoms. The molecule has 188 valence electrons. The zero-order valence-electron chi connectivity index (χ0n) is 19.1. The van der Waals surface area contributed by atoms with E-state index in [-0.39, 0.29) is 11.3 Å². The van der Waals surface area contributed by atoms with E-state index in [4.69, 9.17) is 14.9 Å². The zero-order chi connectivity index (χ0) is 25.1. The summed E-state index contributed by atoms with van der Waals surface area (Å²) in [5.41, 5.74) is 2.17. The Morgan fingerprint density at radius 2 is 1.68 bits per heavy atom. The van der Waals surface area contributed by atoms with Crippen LogP contribution in [0.3, 0.4) is 0 Å². The number of carboxylic acids is 1. The molecule has 8 nitrogen and oxygen atoms in total. The number of alkyl halides is 3. The summed E-state index contributed by atoms with van der Waals surface area (Å²) in [4.78, 5) is 16.3. The second-order valence-electron chi connectivity index (χ2n) is 8.20. The van der Waals surface area contributed by atoms with Crippen molar-refractivity contribution in [3.05, 3.63) is 42.4 Å². The summed E-state index contributed by atoms with van der Waals surface area (Å²) in [6, 6.07) is 10.4. The summed E-state index contributed by atoms with van der Waals surface area (Å²) >= 11 is 0. The molecule has 0 atom stereocenters. The second kappa shape index (κ2) is 10.0. The van der Waals surface area contributed by atoms with Gasteiger partial charge < -0.3 is 9.67 Å². The van der Waals surface area contributed by atoms with E-state index in [1.165, 1.54) is 5.56 Å². The van der Waals surface area contributed by atoms with Crippen LogP contribution in [0.2, 0.25) is 0 Å². The van der Waals surface area contributed by atoms with Gasteiger partial charge in [-0.1, -0.05) is 37.3 Å². The van der Waals surface area contributed by atoms with Crippen LogP contribution in [-0.4, -0.2) is 76.4 Å². The Morgan fingerprint density at radius 3 is 2.18 bits per heavy atom. The number of carboxylic acid groups (broad SMARTS) is 1. The lowest BCUT2D eigenvalue weighted by atomic mass is 9.84. The number of piperidine rings is 1. The van der Waals surface area contributed by atoms with E-state index < -0.39 is 22.2 Å². The highest BCUT2D eigenvalue weighted by atomic mass is 32.2. The molecule has 2 aromatic rings. The molecule has 2 aliphatic heterocycles. The lowest BCUT2D eigenvalue weighted by molar-refractivity contribution is -0.192. The first-order chi connectivity index (χ1) is 16.0. The van der Waals surface area contributed by atoms with Crippen molar-refractivity contribution in [2.75, 3.05) is 31.9 Å². The third-order valence-corrected chi connectivity index (χ3v) is 8.35. The van der Waals surface area contributed by atoms with Crippen LogP contribution in [0.1, 0.15) is 32.5 Å². The smallest absolute Gasteiger partial charge is 0.475 e. The van der Waals surface area contributed by atoms with Gasteiger partial charge in [-0.3, -0.25) is 4.90 Å². The number of nitrogens with zero attached hydrogens (tertiary/aromatic N) is 4. The van der Waals surface area contributed by atoms with Crippen LogP contribution in [0, 0.1) is 0 Å². The van der Waals surface area contributed by atoms with Gasteiger partial charge in [-0.2, -0.15) is 13.2 Å². The van der Waals surface area contributed by atoms with E-state index in [0.29, 0.717) is 13.1 Å². The minimum absolute atomic E-state index is 0.167. The van der Waals surface area contributed by atoms with Gasteiger partial charge in [0.15, 0.2) is 0 Å². The van der Waals surface area contributed by atoms with Crippen molar-refractivity contribution < 1.29 is 31.5 Å². The minimum atomic E-state index is -5.08. The molecule has 12 heteroatoms. The summed E-state index contributed by atoms with van der Waals surface area (Å²) in [6.45, 7) is 7.89. The number of sulfonamides is 1. The monoisotopic (exact) mass is 502 g/mol. The summed E-state index contributed by atoms with van der Waals surface area (Å²) in [7, 11) is -3.13. The number of hydrogen-bond acceptors (Lipinski definition) is 5. The highest BCUT2D eigenvalue weighted by Gasteiger charge is 2.47. The van der Waals surface area contributed by atoms with Gasteiger partial charge in [0.25, 0.3) is 0 Å². The van der Waals surface area contributed by atoms with E-state index >= 15 is 0 Å². The molecule has 1 fully saturated rings. The van der Waals surface area contributed by atoms with Gasteiger partial charge in [-0.05, 0) is 31.9 Å². The molecule has 0 unspecified atom stereocenters. The summed E-state index contributed by atoms with van der Waals surface area (Å²) in [6.07, 6.45) is -1.50. The molecule has 1 aromatic heterocycles. The average molecular weight is 503 g/mol. The molecule has 0 radical (unpaired) electrons. The first-order valence-electron chi connectivity index (χ1n) is 11.1. The largest absolute Gasteiger partial charge is 0.490 e. The number of benzene rings is 1. The predicted molar refractivity (Wildman–Crippen MR) is 121 cm³/mol. The summed E-state index contributed by atoms with van der Waals surface area (Å²) in [5, 5.41) is 7.12. The topological polar surface area (TPSA) is 95.7 Å². The first-order valence-corrected chi connectivity index (χ1v) is 12.7. The fourth-order valence-corrected chi connectivity index (χ4v) is 5.81. The first kappa shape index (κ1) is 26.2. The SMILES string of the molecule is CCN1CCn2c(-c3ccccc3)cnc2C12CCN(S(=O)(=O)CC)CC2.O=C(O)C(F)(F)F. The molecule has 0 bridgehead atoms. The van der Waals surface area contributed by atoms with Crippen LogP contribution in [-0.2, 0) is 26.9 Å². The Morgan fingerprint density at radius 1 is 1.09 bits per heavy atom. The van der Waals surface area contributed by atoms with Crippen molar-refractivity contribution in [2.24, 2.45) is 0 Å². The number of carbonyl (C=O) groups is 1. The van der Waals surface area contributed by atoms with E-state index in [1.54, 1.807) is 11.2 Å². The van der Waals surface area contributed by atoms with Crippen molar-refractivity contribution in [2.45, 2.75) is 44.9 Å².